The summed E-state index contributed by atoms with van der Waals surface area (Å²) < 4.78 is 17.0. The first-order chi connectivity index (χ1) is 10.2. The number of rotatable bonds is 8. The third-order valence-corrected chi connectivity index (χ3v) is 3.37. The summed E-state index contributed by atoms with van der Waals surface area (Å²) in [5, 5.41) is 0.878. The number of fused-ring (bicyclic) bond motifs is 1. The summed E-state index contributed by atoms with van der Waals surface area (Å²) in [6.45, 7) is 2.39. The van der Waals surface area contributed by atoms with E-state index < -0.39 is 0 Å². The topological polar surface area (TPSA) is 66.6 Å². The van der Waals surface area contributed by atoms with Crippen LogP contribution in [-0.2, 0) is 9.47 Å². The van der Waals surface area contributed by atoms with Gasteiger partial charge in [-0.2, -0.15) is 0 Å². The lowest BCUT2D eigenvalue weighted by atomic mass is 10.2. The van der Waals surface area contributed by atoms with Gasteiger partial charge in [0.1, 0.15) is 17.9 Å². The van der Waals surface area contributed by atoms with Crippen LogP contribution in [0.2, 0.25) is 0 Å². The van der Waals surface area contributed by atoms with Crippen LogP contribution in [0.5, 0.6) is 5.75 Å². The van der Waals surface area contributed by atoms with E-state index in [0.29, 0.717) is 37.9 Å². The highest BCUT2D eigenvalue weighted by Gasteiger charge is 2.07. The lowest BCUT2D eigenvalue weighted by Gasteiger charge is -2.10. The van der Waals surface area contributed by atoms with Crippen LogP contribution in [0.25, 0.3) is 10.9 Å². The zero-order valence-corrected chi connectivity index (χ0v) is 13.6. The van der Waals surface area contributed by atoms with Crippen LogP contribution in [0.15, 0.2) is 28.9 Å². The third-order valence-electron chi connectivity index (χ3n) is 2.94. The molecule has 21 heavy (non-hydrogen) atoms. The Morgan fingerprint density at radius 2 is 2.05 bits per heavy atom. The SMILES string of the molecule is COCCCOCCOc1ccc(N)c2cc(Br)cnc12. The van der Waals surface area contributed by atoms with Gasteiger partial charge in [0.05, 0.1) is 6.61 Å². The van der Waals surface area contributed by atoms with Gasteiger partial charge >= 0.3 is 0 Å². The summed E-state index contributed by atoms with van der Waals surface area (Å²) in [5.74, 6) is 0.715. The molecule has 5 nitrogen and oxygen atoms in total. The number of hydrogen-bond acceptors (Lipinski definition) is 5. The number of pyridine rings is 1. The molecule has 0 spiro atoms. The lowest BCUT2D eigenvalue weighted by molar-refractivity contribution is 0.0809. The summed E-state index contributed by atoms with van der Waals surface area (Å²) in [6, 6.07) is 5.60. The zero-order chi connectivity index (χ0) is 15.1. The maximum atomic E-state index is 5.96. The number of nitrogen functional groups attached to an aromatic ring is 1. The Morgan fingerprint density at radius 1 is 1.19 bits per heavy atom. The molecule has 0 saturated carbocycles. The zero-order valence-electron chi connectivity index (χ0n) is 12.0. The molecule has 0 aliphatic heterocycles. The molecule has 6 heteroatoms. The fourth-order valence-electron chi connectivity index (χ4n) is 1.92. The van der Waals surface area contributed by atoms with Crippen molar-refractivity contribution in [2.24, 2.45) is 0 Å². The van der Waals surface area contributed by atoms with Gasteiger partial charge in [-0.05, 0) is 40.5 Å². The number of benzene rings is 1. The highest BCUT2D eigenvalue weighted by atomic mass is 79.9. The molecule has 0 radical (unpaired) electrons. The molecule has 0 aliphatic carbocycles. The van der Waals surface area contributed by atoms with Gasteiger partial charge in [-0.25, -0.2) is 0 Å². The molecule has 0 bridgehead atoms. The predicted octanol–water partition coefficient (Wildman–Crippen LogP) is 3.01. The van der Waals surface area contributed by atoms with Crippen LogP contribution in [0, 0.1) is 0 Å². The van der Waals surface area contributed by atoms with Crippen LogP contribution in [-0.4, -0.2) is 38.5 Å². The van der Waals surface area contributed by atoms with E-state index in [-0.39, 0.29) is 0 Å². The quantitative estimate of drug-likeness (QED) is 0.582. The molecule has 2 N–H and O–H groups in total. The first-order valence-electron chi connectivity index (χ1n) is 6.75. The van der Waals surface area contributed by atoms with E-state index in [0.717, 1.165) is 21.8 Å². The second-order valence-electron chi connectivity index (χ2n) is 4.51. The van der Waals surface area contributed by atoms with Gasteiger partial charge in [-0.3, -0.25) is 4.98 Å². The molecule has 0 amide bonds. The second-order valence-corrected chi connectivity index (χ2v) is 5.43. The fraction of sp³-hybridized carbons (Fsp3) is 0.400. The summed E-state index contributed by atoms with van der Waals surface area (Å²) >= 11 is 3.40. The van der Waals surface area contributed by atoms with Gasteiger partial charge in [0.15, 0.2) is 0 Å². The van der Waals surface area contributed by atoms with E-state index in [2.05, 4.69) is 20.9 Å². The number of aromatic nitrogens is 1. The average molecular weight is 355 g/mol. The molecule has 0 aliphatic rings. The molecule has 2 rings (SSSR count). The van der Waals surface area contributed by atoms with Crippen LogP contribution in [0.3, 0.4) is 0 Å². The van der Waals surface area contributed by atoms with Crippen LogP contribution in [0.4, 0.5) is 5.69 Å². The summed E-state index contributed by atoms with van der Waals surface area (Å²) in [5.41, 5.74) is 7.41. The van der Waals surface area contributed by atoms with Gasteiger partial charge in [0.2, 0.25) is 0 Å². The van der Waals surface area contributed by atoms with Crippen LogP contribution < -0.4 is 10.5 Å². The molecule has 0 atom stereocenters. The fourth-order valence-corrected chi connectivity index (χ4v) is 2.26. The second kappa shape index (κ2) is 8.17. The molecule has 1 aromatic carbocycles. The minimum Gasteiger partial charge on any atom is -0.489 e. The van der Waals surface area contributed by atoms with Gasteiger partial charge in [-0.15, -0.1) is 0 Å². The van der Waals surface area contributed by atoms with Crippen molar-refractivity contribution < 1.29 is 14.2 Å². The monoisotopic (exact) mass is 354 g/mol. The van der Waals surface area contributed by atoms with Crippen molar-refractivity contribution in [3.8, 4) is 5.75 Å². The Bertz CT molecular complexity index is 592. The minimum atomic E-state index is 0.476. The summed E-state index contributed by atoms with van der Waals surface area (Å²) in [7, 11) is 1.68. The Balaban J connectivity index is 1.92. The van der Waals surface area contributed by atoms with Crippen molar-refractivity contribution >= 4 is 32.5 Å². The van der Waals surface area contributed by atoms with Gasteiger partial charge in [-0.1, -0.05) is 0 Å². The van der Waals surface area contributed by atoms with Crippen molar-refractivity contribution in [2.45, 2.75) is 6.42 Å². The van der Waals surface area contributed by atoms with E-state index in [9.17, 15) is 0 Å². The molecule has 0 saturated heterocycles. The number of halogens is 1. The smallest absolute Gasteiger partial charge is 0.145 e. The number of ether oxygens (including phenoxy) is 3. The third kappa shape index (κ3) is 4.56. The number of nitrogens with zero attached hydrogens (tertiary/aromatic N) is 1. The molecule has 1 aromatic heterocycles. The summed E-state index contributed by atoms with van der Waals surface area (Å²) in [6.07, 6.45) is 2.62. The maximum Gasteiger partial charge on any atom is 0.145 e. The molecule has 1 heterocycles. The molecule has 2 aromatic rings. The molecule has 0 unspecified atom stereocenters. The van der Waals surface area contributed by atoms with Crippen molar-refractivity contribution in [1.82, 2.24) is 4.98 Å². The Morgan fingerprint density at radius 3 is 2.86 bits per heavy atom. The predicted molar refractivity (Wildman–Crippen MR) is 86.7 cm³/mol. The number of hydrogen-bond donors (Lipinski definition) is 1. The molecule has 0 fully saturated rings. The number of nitrogens with two attached hydrogens (primary N) is 1. The average Bonchev–Trinajstić information content (AvgIpc) is 2.49. The Hall–Kier alpha value is -1.37. The minimum absolute atomic E-state index is 0.476. The van der Waals surface area contributed by atoms with Gasteiger partial charge < -0.3 is 19.9 Å². The van der Waals surface area contributed by atoms with Gasteiger partial charge in [0.25, 0.3) is 0 Å². The van der Waals surface area contributed by atoms with E-state index in [1.807, 2.05) is 18.2 Å². The highest BCUT2D eigenvalue weighted by molar-refractivity contribution is 9.10. The number of anilines is 1. The van der Waals surface area contributed by atoms with Crippen molar-refractivity contribution in [3.63, 3.8) is 0 Å². The van der Waals surface area contributed by atoms with Crippen molar-refractivity contribution in [1.29, 1.82) is 0 Å². The highest BCUT2D eigenvalue weighted by Crippen LogP contribution is 2.30. The molecule has 114 valence electrons. The van der Waals surface area contributed by atoms with E-state index in [1.165, 1.54) is 0 Å². The van der Waals surface area contributed by atoms with Crippen LogP contribution >= 0.6 is 15.9 Å². The molecular weight excluding hydrogens is 336 g/mol. The molecular formula is C15H19BrN2O3. The van der Waals surface area contributed by atoms with E-state index in [4.69, 9.17) is 19.9 Å². The standard InChI is InChI=1S/C15H19BrN2O3/c1-19-5-2-6-20-7-8-21-14-4-3-13(17)12-9-11(16)10-18-15(12)14/h3-4,9-10H,2,5-8,17H2,1H3. The summed E-state index contributed by atoms with van der Waals surface area (Å²) in [4.78, 5) is 4.37. The maximum absolute atomic E-state index is 5.96. The normalized spacial score (nSPS) is 11.0. The van der Waals surface area contributed by atoms with Crippen LogP contribution in [0.1, 0.15) is 6.42 Å². The largest absolute Gasteiger partial charge is 0.489 e. The van der Waals surface area contributed by atoms with E-state index in [1.54, 1.807) is 13.3 Å². The first kappa shape index (κ1) is 16.0. The van der Waals surface area contributed by atoms with Crippen molar-refractivity contribution in [3.05, 3.63) is 28.9 Å². The first-order valence-corrected chi connectivity index (χ1v) is 7.55. The van der Waals surface area contributed by atoms with E-state index >= 15 is 0 Å². The Labute approximate surface area is 132 Å². The number of methoxy groups -OCH3 is 1. The van der Waals surface area contributed by atoms with Gasteiger partial charge in [0, 0.05) is 42.1 Å². The lowest BCUT2D eigenvalue weighted by Crippen LogP contribution is -2.09. The van der Waals surface area contributed by atoms with Crippen molar-refractivity contribution in [2.75, 3.05) is 39.3 Å². The Kier molecular flexibility index (Phi) is 6.22.